The van der Waals surface area contributed by atoms with Gasteiger partial charge in [-0.3, -0.25) is 0 Å². The third kappa shape index (κ3) is 2.22. The molecule has 1 aromatic carbocycles. The molecule has 1 saturated carbocycles. The lowest BCUT2D eigenvalue weighted by molar-refractivity contribution is 0.473. The van der Waals surface area contributed by atoms with Crippen LogP contribution in [-0.2, 0) is 6.42 Å². The molecule has 1 aliphatic carbocycles. The average molecular weight is 177 g/mol. The van der Waals surface area contributed by atoms with Gasteiger partial charge in [0.1, 0.15) is 5.75 Å². The minimum Gasteiger partial charge on any atom is -0.508 e. The highest BCUT2D eigenvalue weighted by molar-refractivity contribution is 5.27. The smallest absolute Gasteiger partial charge is 0.115 e. The minimum absolute atomic E-state index is 0.279. The Morgan fingerprint density at radius 2 is 2.23 bits per heavy atom. The van der Waals surface area contributed by atoms with Gasteiger partial charge < -0.3 is 10.8 Å². The van der Waals surface area contributed by atoms with Crippen LogP contribution in [0, 0.1) is 5.92 Å². The summed E-state index contributed by atoms with van der Waals surface area (Å²) in [7, 11) is 0. The van der Waals surface area contributed by atoms with Gasteiger partial charge in [-0.15, -0.1) is 0 Å². The molecule has 0 saturated heterocycles. The number of benzene rings is 1. The number of hydrogen-bond acceptors (Lipinski definition) is 2. The normalized spacial score (nSPS) is 18.5. The molecule has 1 fully saturated rings. The molecule has 1 aliphatic rings. The number of phenolic OH excluding ortho intramolecular Hbond substituents is 1. The number of rotatable bonds is 3. The molecule has 2 nitrogen and oxygen atoms in total. The molecule has 0 heterocycles. The zero-order valence-electron chi connectivity index (χ0n) is 7.61. The van der Waals surface area contributed by atoms with Crippen LogP contribution in [0.25, 0.3) is 0 Å². The first-order valence-corrected chi connectivity index (χ1v) is 4.79. The first kappa shape index (κ1) is 8.57. The summed E-state index contributed by atoms with van der Waals surface area (Å²) in [5.74, 6) is 1.06. The highest BCUT2D eigenvalue weighted by Gasteiger charge is 2.28. The van der Waals surface area contributed by atoms with Gasteiger partial charge in [0.05, 0.1) is 0 Å². The third-order valence-corrected chi connectivity index (χ3v) is 2.61. The molecule has 0 amide bonds. The van der Waals surface area contributed by atoms with E-state index in [-0.39, 0.29) is 6.04 Å². The Morgan fingerprint density at radius 3 is 2.85 bits per heavy atom. The number of phenols is 1. The molecule has 0 aliphatic heterocycles. The van der Waals surface area contributed by atoms with Crippen LogP contribution < -0.4 is 5.73 Å². The lowest BCUT2D eigenvalue weighted by Crippen LogP contribution is -2.24. The molecule has 1 unspecified atom stereocenters. The summed E-state index contributed by atoms with van der Waals surface area (Å²) in [5.41, 5.74) is 7.12. The van der Waals surface area contributed by atoms with E-state index in [0.29, 0.717) is 5.75 Å². The van der Waals surface area contributed by atoms with Crippen molar-refractivity contribution in [2.24, 2.45) is 11.7 Å². The van der Waals surface area contributed by atoms with Gasteiger partial charge in [-0.2, -0.15) is 0 Å². The van der Waals surface area contributed by atoms with Crippen molar-refractivity contribution in [3.05, 3.63) is 29.8 Å². The van der Waals surface area contributed by atoms with Crippen molar-refractivity contribution in [3.8, 4) is 5.75 Å². The highest BCUT2D eigenvalue weighted by atomic mass is 16.3. The fraction of sp³-hybridized carbons (Fsp3) is 0.455. The molecule has 0 radical (unpaired) electrons. The quantitative estimate of drug-likeness (QED) is 0.737. The van der Waals surface area contributed by atoms with Gasteiger partial charge in [-0.25, -0.2) is 0 Å². The second-order valence-corrected chi connectivity index (χ2v) is 3.88. The summed E-state index contributed by atoms with van der Waals surface area (Å²) in [4.78, 5) is 0. The van der Waals surface area contributed by atoms with E-state index in [1.807, 2.05) is 12.1 Å². The number of aromatic hydroxyl groups is 1. The first-order chi connectivity index (χ1) is 6.25. The fourth-order valence-electron chi connectivity index (χ4n) is 1.65. The van der Waals surface area contributed by atoms with Crippen molar-refractivity contribution in [3.63, 3.8) is 0 Å². The van der Waals surface area contributed by atoms with E-state index in [4.69, 9.17) is 5.73 Å². The van der Waals surface area contributed by atoms with Crippen molar-refractivity contribution >= 4 is 0 Å². The maximum atomic E-state index is 9.24. The predicted octanol–water partition coefficient (Wildman–Crippen LogP) is 1.67. The molecule has 70 valence electrons. The third-order valence-electron chi connectivity index (χ3n) is 2.61. The zero-order chi connectivity index (χ0) is 9.26. The Hall–Kier alpha value is -1.02. The van der Waals surface area contributed by atoms with Crippen LogP contribution in [0.2, 0.25) is 0 Å². The van der Waals surface area contributed by atoms with E-state index in [0.717, 1.165) is 17.9 Å². The average Bonchev–Trinajstić information content (AvgIpc) is 2.85. The van der Waals surface area contributed by atoms with E-state index in [1.165, 1.54) is 12.8 Å². The molecule has 1 aromatic rings. The second kappa shape index (κ2) is 3.38. The van der Waals surface area contributed by atoms with Crippen molar-refractivity contribution in [1.82, 2.24) is 0 Å². The van der Waals surface area contributed by atoms with E-state index >= 15 is 0 Å². The van der Waals surface area contributed by atoms with Gasteiger partial charge in [0.25, 0.3) is 0 Å². The molecular formula is C11H15NO. The molecule has 0 spiro atoms. The number of hydrogen-bond donors (Lipinski definition) is 2. The Kier molecular flexibility index (Phi) is 2.23. The lowest BCUT2D eigenvalue weighted by atomic mass is 10.0. The predicted molar refractivity (Wildman–Crippen MR) is 52.5 cm³/mol. The molecular weight excluding hydrogens is 162 g/mol. The van der Waals surface area contributed by atoms with Crippen LogP contribution in [0.3, 0.4) is 0 Å². The second-order valence-electron chi connectivity index (χ2n) is 3.88. The van der Waals surface area contributed by atoms with Crippen LogP contribution in [0.4, 0.5) is 0 Å². The molecule has 1 atom stereocenters. The van der Waals surface area contributed by atoms with Crippen molar-refractivity contribution < 1.29 is 5.11 Å². The van der Waals surface area contributed by atoms with Gasteiger partial charge in [-0.05, 0) is 42.9 Å². The van der Waals surface area contributed by atoms with Gasteiger partial charge in [0.15, 0.2) is 0 Å². The lowest BCUT2D eigenvalue weighted by Gasteiger charge is -2.09. The van der Waals surface area contributed by atoms with Crippen LogP contribution >= 0.6 is 0 Å². The standard InChI is InChI=1S/C11H15NO/c12-11(9-4-5-9)7-8-2-1-3-10(13)6-8/h1-3,6,9,11,13H,4-5,7,12H2. The van der Waals surface area contributed by atoms with Crippen molar-refractivity contribution in [2.75, 3.05) is 0 Å². The molecule has 2 heteroatoms. The van der Waals surface area contributed by atoms with Crippen LogP contribution in [0.1, 0.15) is 18.4 Å². The molecule has 0 aromatic heterocycles. The van der Waals surface area contributed by atoms with Crippen LogP contribution in [0.5, 0.6) is 5.75 Å². The van der Waals surface area contributed by atoms with Gasteiger partial charge >= 0.3 is 0 Å². The van der Waals surface area contributed by atoms with E-state index in [2.05, 4.69) is 0 Å². The Morgan fingerprint density at radius 1 is 1.46 bits per heavy atom. The fourth-order valence-corrected chi connectivity index (χ4v) is 1.65. The summed E-state index contributed by atoms with van der Waals surface area (Å²) in [6.45, 7) is 0. The van der Waals surface area contributed by atoms with E-state index < -0.39 is 0 Å². The summed E-state index contributed by atoms with van der Waals surface area (Å²) < 4.78 is 0. The van der Waals surface area contributed by atoms with Crippen molar-refractivity contribution in [1.29, 1.82) is 0 Å². The molecule has 2 rings (SSSR count). The largest absolute Gasteiger partial charge is 0.508 e. The zero-order valence-corrected chi connectivity index (χ0v) is 7.61. The SMILES string of the molecule is NC(Cc1cccc(O)c1)C1CC1. The van der Waals surface area contributed by atoms with Gasteiger partial charge in [0, 0.05) is 6.04 Å². The van der Waals surface area contributed by atoms with E-state index in [9.17, 15) is 5.11 Å². The summed E-state index contributed by atoms with van der Waals surface area (Å²) >= 11 is 0. The highest BCUT2D eigenvalue weighted by Crippen LogP contribution is 2.33. The van der Waals surface area contributed by atoms with E-state index in [1.54, 1.807) is 12.1 Å². The maximum Gasteiger partial charge on any atom is 0.115 e. The molecule has 0 bridgehead atoms. The van der Waals surface area contributed by atoms with Crippen LogP contribution in [-0.4, -0.2) is 11.1 Å². The summed E-state index contributed by atoms with van der Waals surface area (Å²) in [6, 6.07) is 7.64. The topological polar surface area (TPSA) is 46.2 Å². The Labute approximate surface area is 78.4 Å². The Bertz CT molecular complexity index is 294. The minimum atomic E-state index is 0.279. The first-order valence-electron chi connectivity index (χ1n) is 4.79. The molecule has 3 N–H and O–H groups in total. The monoisotopic (exact) mass is 177 g/mol. The van der Waals surface area contributed by atoms with Crippen molar-refractivity contribution in [2.45, 2.75) is 25.3 Å². The van der Waals surface area contributed by atoms with Gasteiger partial charge in [-0.1, -0.05) is 12.1 Å². The Balaban J connectivity index is 2.00. The maximum absolute atomic E-state index is 9.24. The number of nitrogens with two attached hydrogens (primary N) is 1. The van der Waals surface area contributed by atoms with Gasteiger partial charge in [0.2, 0.25) is 0 Å². The summed E-state index contributed by atoms with van der Waals surface area (Å²) in [6.07, 6.45) is 3.44. The van der Waals surface area contributed by atoms with Crippen LogP contribution in [0.15, 0.2) is 24.3 Å². The molecule has 13 heavy (non-hydrogen) atoms. The summed E-state index contributed by atoms with van der Waals surface area (Å²) in [5, 5.41) is 9.24.